The van der Waals surface area contributed by atoms with Crippen molar-refractivity contribution in [1.82, 2.24) is 5.32 Å². The lowest BCUT2D eigenvalue weighted by molar-refractivity contribution is -0.138. The first-order valence-electron chi connectivity index (χ1n) is 12.2. The lowest BCUT2D eigenvalue weighted by Gasteiger charge is -2.21. The minimum absolute atomic E-state index is 0.0306. The lowest BCUT2D eigenvalue weighted by Crippen LogP contribution is -2.43. The van der Waals surface area contributed by atoms with Gasteiger partial charge < -0.3 is 16.0 Å². The summed E-state index contributed by atoms with van der Waals surface area (Å²) >= 11 is 6.27. The highest BCUT2D eigenvalue weighted by Gasteiger charge is 2.33. The van der Waals surface area contributed by atoms with E-state index in [1.54, 1.807) is 55.5 Å². The standard InChI is InChI=1S/C29H30ClF3N4O2/c1-18(15-20-7-5-6-8-24(20)29(31,32)33)35-26(23-16-21(30)11-14-25(23)34-17-38)19-9-12-22(13-10-19)36-27(39)37-28(2,3)4/h5-14,16-18H,15H2,1-4H3,(H,34,38)(H2,36,37,39). The number of hydrogen-bond donors (Lipinski definition) is 3. The van der Waals surface area contributed by atoms with Crippen LogP contribution in [-0.4, -0.2) is 29.7 Å². The van der Waals surface area contributed by atoms with Gasteiger partial charge in [0.2, 0.25) is 6.41 Å². The van der Waals surface area contributed by atoms with E-state index < -0.39 is 23.3 Å². The minimum atomic E-state index is -4.49. The molecule has 0 fully saturated rings. The van der Waals surface area contributed by atoms with Gasteiger partial charge in [-0.1, -0.05) is 41.9 Å². The van der Waals surface area contributed by atoms with Crippen LogP contribution in [0.3, 0.4) is 0 Å². The molecule has 10 heteroatoms. The van der Waals surface area contributed by atoms with Crippen LogP contribution in [0.25, 0.3) is 0 Å². The Kier molecular flexibility index (Phi) is 9.40. The van der Waals surface area contributed by atoms with Gasteiger partial charge in [0, 0.05) is 27.4 Å². The van der Waals surface area contributed by atoms with Crippen LogP contribution in [0.5, 0.6) is 0 Å². The van der Waals surface area contributed by atoms with Crippen molar-refractivity contribution in [2.24, 2.45) is 4.99 Å². The summed E-state index contributed by atoms with van der Waals surface area (Å²) < 4.78 is 40.7. The molecule has 0 heterocycles. The SMILES string of the molecule is CC(Cc1ccccc1C(F)(F)F)N=C(c1ccc(NC(=O)NC(C)(C)C)cc1)c1cc(Cl)ccc1NC=O. The van der Waals surface area contributed by atoms with Gasteiger partial charge in [0.15, 0.2) is 0 Å². The molecule has 39 heavy (non-hydrogen) atoms. The monoisotopic (exact) mass is 558 g/mol. The van der Waals surface area contributed by atoms with Crippen molar-refractivity contribution in [2.75, 3.05) is 10.6 Å². The van der Waals surface area contributed by atoms with Crippen molar-refractivity contribution < 1.29 is 22.8 Å². The molecular formula is C29H30ClF3N4O2. The number of amides is 3. The quantitative estimate of drug-likeness (QED) is 0.200. The van der Waals surface area contributed by atoms with Gasteiger partial charge in [0.1, 0.15) is 0 Å². The topological polar surface area (TPSA) is 82.6 Å². The number of aliphatic imine (C=N–C) groups is 1. The second-order valence-corrected chi connectivity index (χ2v) is 10.5. The fourth-order valence-electron chi connectivity index (χ4n) is 3.97. The molecule has 206 valence electrons. The van der Waals surface area contributed by atoms with Crippen LogP contribution < -0.4 is 16.0 Å². The number of carbonyl (C=O) groups is 2. The van der Waals surface area contributed by atoms with E-state index in [0.717, 1.165) is 6.07 Å². The number of anilines is 2. The Balaban J connectivity index is 2.02. The Morgan fingerprint density at radius 1 is 1.03 bits per heavy atom. The smallest absolute Gasteiger partial charge is 0.333 e. The number of nitrogens with zero attached hydrogens (tertiary/aromatic N) is 1. The Morgan fingerprint density at radius 3 is 2.31 bits per heavy atom. The largest absolute Gasteiger partial charge is 0.416 e. The summed E-state index contributed by atoms with van der Waals surface area (Å²) in [6.07, 6.45) is -3.93. The predicted molar refractivity (Wildman–Crippen MR) is 150 cm³/mol. The number of carbonyl (C=O) groups excluding carboxylic acids is 2. The van der Waals surface area contributed by atoms with Gasteiger partial charge in [-0.15, -0.1) is 0 Å². The summed E-state index contributed by atoms with van der Waals surface area (Å²) in [5.41, 5.74) is 1.50. The first-order valence-corrected chi connectivity index (χ1v) is 12.6. The maximum atomic E-state index is 13.6. The van der Waals surface area contributed by atoms with E-state index in [9.17, 15) is 22.8 Å². The van der Waals surface area contributed by atoms with Crippen molar-refractivity contribution >= 4 is 41.1 Å². The van der Waals surface area contributed by atoms with Crippen LogP contribution in [0.15, 0.2) is 71.7 Å². The number of nitrogens with one attached hydrogen (secondary N) is 3. The summed E-state index contributed by atoms with van der Waals surface area (Å²) in [7, 11) is 0. The Morgan fingerprint density at radius 2 is 1.69 bits per heavy atom. The van der Waals surface area contributed by atoms with E-state index in [2.05, 4.69) is 16.0 Å². The third-order valence-electron chi connectivity index (χ3n) is 5.54. The molecule has 3 aromatic rings. The van der Waals surface area contributed by atoms with Crippen molar-refractivity contribution in [3.8, 4) is 0 Å². The van der Waals surface area contributed by atoms with Crippen molar-refractivity contribution in [3.05, 3.63) is 94.0 Å². The number of benzene rings is 3. The van der Waals surface area contributed by atoms with Crippen LogP contribution in [0, 0.1) is 0 Å². The number of alkyl halides is 3. The van der Waals surface area contributed by atoms with Crippen LogP contribution in [0.1, 0.15) is 49.9 Å². The summed E-state index contributed by atoms with van der Waals surface area (Å²) in [5.74, 6) is 0. The van der Waals surface area contributed by atoms with Gasteiger partial charge in [-0.2, -0.15) is 13.2 Å². The fourth-order valence-corrected chi connectivity index (χ4v) is 4.15. The van der Waals surface area contributed by atoms with Gasteiger partial charge in [-0.05, 0) is 76.1 Å². The van der Waals surface area contributed by atoms with E-state index >= 15 is 0 Å². The molecule has 1 unspecified atom stereocenters. The average molecular weight is 559 g/mol. The predicted octanol–water partition coefficient (Wildman–Crippen LogP) is 7.32. The minimum Gasteiger partial charge on any atom is -0.333 e. The molecule has 0 aliphatic carbocycles. The molecule has 0 spiro atoms. The zero-order valence-corrected chi connectivity index (χ0v) is 22.7. The van der Waals surface area contributed by atoms with Crippen molar-refractivity contribution in [1.29, 1.82) is 0 Å². The van der Waals surface area contributed by atoms with E-state index in [4.69, 9.17) is 16.6 Å². The average Bonchev–Trinajstić information content (AvgIpc) is 2.83. The second kappa shape index (κ2) is 12.3. The van der Waals surface area contributed by atoms with Gasteiger partial charge in [-0.25, -0.2) is 4.79 Å². The molecule has 0 aromatic heterocycles. The molecule has 0 aliphatic heterocycles. The number of hydrogen-bond acceptors (Lipinski definition) is 3. The first-order chi connectivity index (χ1) is 18.3. The molecule has 6 nitrogen and oxygen atoms in total. The van der Waals surface area contributed by atoms with Crippen molar-refractivity contribution in [2.45, 2.75) is 51.9 Å². The zero-order valence-electron chi connectivity index (χ0n) is 22.0. The normalized spacial score (nSPS) is 13.0. The molecule has 3 rings (SSSR count). The summed E-state index contributed by atoms with van der Waals surface area (Å²) in [6, 6.07) is 16.2. The highest BCUT2D eigenvalue weighted by Crippen LogP contribution is 2.33. The summed E-state index contributed by atoms with van der Waals surface area (Å²) in [5, 5.41) is 8.60. The van der Waals surface area contributed by atoms with Crippen LogP contribution >= 0.6 is 11.6 Å². The maximum Gasteiger partial charge on any atom is 0.416 e. The molecular weight excluding hydrogens is 529 g/mol. The van der Waals surface area contributed by atoms with E-state index in [1.165, 1.54) is 12.1 Å². The Hall–Kier alpha value is -3.85. The van der Waals surface area contributed by atoms with Gasteiger partial charge in [0.05, 0.1) is 23.0 Å². The molecule has 0 radical (unpaired) electrons. The molecule has 0 saturated carbocycles. The van der Waals surface area contributed by atoms with Gasteiger partial charge in [-0.3, -0.25) is 9.79 Å². The van der Waals surface area contributed by atoms with E-state index in [1.807, 2.05) is 20.8 Å². The third-order valence-corrected chi connectivity index (χ3v) is 5.78. The lowest BCUT2D eigenvalue weighted by atomic mass is 9.98. The Bertz CT molecular complexity index is 1350. The van der Waals surface area contributed by atoms with E-state index in [-0.39, 0.29) is 18.0 Å². The number of rotatable bonds is 8. The van der Waals surface area contributed by atoms with Gasteiger partial charge in [0.25, 0.3) is 0 Å². The summed E-state index contributed by atoms with van der Waals surface area (Å²) in [6.45, 7) is 7.31. The van der Waals surface area contributed by atoms with Gasteiger partial charge >= 0.3 is 12.2 Å². The number of halogens is 4. The summed E-state index contributed by atoms with van der Waals surface area (Å²) in [4.78, 5) is 28.3. The van der Waals surface area contributed by atoms with Crippen molar-refractivity contribution in [3.63, 3.8) is 0 Å². The maximum absolute atomic E-state index is 13.6. The molecule has 3 aromatic carbocycles. The number of urea groups is 1. The van der Waals surface area contributed by atoms with Crippen LogP contribution in [0.4, 0.5) is 29.3 Å². The zero-order chi connectivity index (χ0) is 28.8. The molecule has 1 atom stereocenters. The fraction of sp³-hybridized carbons (Fsp3) is 0.276. The van der Waals surface area contributed by atoms with Crippen LogP contribution in [-0.2, 0) is 17.4 Å². The third kappa shape index (κ3) is 8.58. The first kappa shape index (κ1) is 29.7. The molecule has 0 saturated heterocycles. The molecule has 3 N–H and O–H groups in total. The van der Waals surface area contributed by atoms with Crippen LogP contribution in [0.2, 0.25) is 5.02 Å². The Labute approximate surface area is 230 Å². The second-order valence-electron chi connectivity index (χ2n) is 10.0. The van der Waals surface area contributed by atoms with E-state index in [0.29, 0.717) is 39.6 Å². The highest BCUT2D eigenvalue weighted by atomic mass is 35.5. The molecule has 0 aliphatic rings. The molecule has 0 bridgehead atoms. The molecule has 3 amide bonds. The highest BCUT2D eigenvalue weighted by molar-refractivity contribution is 6.31.